The molecule has 0 radical (unpaired) electrons. The van der Waals surface area contributed by atoms with E-state index in [0.717, 1.165) is 55.5 Å². The summed E-state index contributed by atoms with van der Waals surface area (Å²) in [7, 11) is 1.64. The number of benzene rings is 3. The number of hydrogen-bond acceptors (Lipinski definition) is 3. The summed E-state index contributed by atoms with van der Waals surface area (Å²) in [6.07, 6.45) is 1.72. The number of carbonyl (C=O) groups excluding carboxylic acids is 1. The molecule has 1 aliphatic rings. The van der Waals surface area contributed by atoms with Crippen LogP contribution in [0.4, 0.5) is 5.69 Å². The predicted molar refractivity (Wildman–Crippen MR) is 142 cm³/mol. The van der Waals surface area contributed by atoms with Crippen molar-refractivity contribution in [2.45, 2.75) is 25.9 Å². The first kappa shape index (κ1) is 23.5. The minimum Gasteiger partial charge on any atom is -0.497 e. The molecular weight excluding hydrogens is 458 g/mol. The number of para-hydroxylation sites is 1. The zero-order valence-electron chi connectivity index (χ0n) is 19.9. The maximum atomic E-state index is 12.8. The van der Waals surface area contributed by atoms with Crippen molar-refractivity contribution in [2.75, 3.05) is 25.5 Å². The van der Waals surface area contributed by atoms with Crippen molar-refractivity contribution in [1.82, 2.24) is 9.47 Å². The highest BCUT2D eigenvalue weighted by molar-refractivity contribution is 6.30. The number of nitrogens with zero attached hydrogens (tertiary/aromatic N) is 2. The van der Waals surface area contributed by atoms with Crippen LogP contribution in [0, 0.1) is 5.92 Å². The first-order valence-corrected chi connectivity index (χ1v) is 12.5. The summed E-state index contributed by atoms with van der Waals surface area (Å²) in [5.41, 5.74) is 4.52. The van der Waals surface area contributed by atoms with Crippen LogP contribution in [0.2, 0.25) is 5.02 Å². The van der Waals surface area contributed by atoms with E-state index in [2.05, 4.69) is 51.2 Å². The molecule has 1 aromatic heterocycles. The van der Waals surface area contributed by atoms with Crippen molar-refractivity contribution >= 4 is 34.1 Å². The van der Waals surface area contributed by atoms with Gasteiger partial charge in [-0.05, 0) is 85.4 Å². The van der Waals surface area contributed by atoms with E-state index in [1.54, 1.807) is 7.11 Å². The molecule has 1 N–H and O–H groups in total. The lowest BCUT2D eigenvalue weighted by molar-refractivity contribution is -0.121. The maximum Gasteiger partial charge on any atom is 0.227 e. The number of carbonyl (C=O) groups is 1. The number of ether oxygens (including phenoxy) is 1. The molecule has 35 heavy (non-hydrogen) atoms. The molecule has 0 aliphatic carbocycles. The van der Waals surface area contributed by atoms with Gasteiger partial charge in [0.1, 0.15) is 5.75 Å². The van der Waals surface area contributed by atoms with Gasteiger partial charge in [0.2, 0.25) is 5.91 Å². The number of amides is 1. The van der Waals surface area contributed by atoms with Gasteiger partial charge in [-0.25, -0.2) is 0 Å². The van der Waals surface area contributed by atoms with Gasteiger partial charge in [-0.2, -0.15) is 0 Å². The fraction of sp³-hybridized carbons (Fsp3) is 0.276. The second-order valence-electron chi connectivity index (χ2n) is 9.18. The quantitative estimate of drug-likeness (QED) is 0.337. The second kappa shape index (κ2) is 10.5. The van der Waals surface area contributed by atoms with Gasteiger partial charge in [-0.1, -0.05) is 41.9 Å². The SMILES string of the molecule is COc1ccc(NC(=O)C2CCN(Cc3cc4ccccc4n3Cc3cccc(Cl)c3)CC2)cc1. The van der Waals surface area contributed by atoms with Crippen LogP contribution in [0.5, 0.6) is 5.75 Å². The molecule has 0 bridgehead atoms. The first-order chi connectivity index (χ1) is 17.1. The molecule has 0 saturated carbocycles. The van der Waals surface area contributed by atoms with Crippen molar-refractivity contribution in [1.29, 1.82) is 0 Å². The Balaban J connectivity index is 1.24. The van der Waals surface area contributed by atoms with Gasteiger partial charge in [0.05, 0.1) is 7.11 Å². The fourth-order valence-electron chi connectivity index (χ4n) is 4.90. The normalized spacial score (nSPS) is 14.8. The average molecular weight is 488 g/mol. The van der Waals surface area contributed by atoms with Gasteiger partial charge in [0.25, 0.3) is 0 Å². The van der Waals surface area contributed by atoms with Crippen LogP contribution >= 0.6 is 11.6 Å². The van der Waals surface area contributed by atoms with Gasteiger partial charge in [-0.3, -0.25) is 9.69 Å². The smallest absolute Gasteiger partial charge is 0.227 e. The molecule has 1 aliphatic heterocycles. The molecule has 5 nitrogen and oxygen atoms in total. The van der Waals surface area contributed by atoms with Crippen molar-refractivity contribution in [3.05, 3.63) is 95.1 Å². The number of halogens is 1. The lowest BCUT2D eigenvalue weighted by atomic mass is 9.95. The Kier molecular flexibility index (Phi) is 7.07. The summed E-state index contributed by atoms with van der Waals surface area (Å²) in [5, 5.41) is 5.07. The first-order valence-electron chi connectivity index (χ1n) is 12.1. The number of likely N-dealkylation sites (tertiary alicyclic amines) is 1. The van der Waals surface area contributed by atoms with Crippen LogP contribution < -0.4 is 10.1 Å². The van der Waals surface area contributed by atoms with E-state index in [-0.39, 0.29) is 11.8 Å². The number of hydrogen-bond donors (Lipinski definition) is 1. The van der Waals surface area contributed by atoms with Crippen LogP contribution in [-0.4, -0.2) is 35.6 Å². The summed E-state index contributed by atoms with van der Waals surface area (Å²) < 4.78 is 7.58. The van der Waals surface area contributed by atoms with Gasteiger partial charge in [0.15, 0.2) is 0 Å². The van der Waals surface area contributed by atoms with Gasteiger partial charge in [0, 0.05) is 40.9 Å². The van der Waals surface area contributed by atoms with Crippen molar-refractivity contribution < 1.29 is 9.53 Å². The van der Waals surface area contributed by atoms with Crippen molar-refractivity contribution in [3.63, 3.8) is 0 Å². The number of anilines is 1. The largest absolute Gasteiger partial charge is 0.497 e. The van der Waals surface area contributed by atoms with E-state index in [9.17, 15) is 4.79 Å². The summed E-state index contributed by atoms with van der Waals surface area (Å²) >= 11 is 6.25. The number of aromatic nitrogens is 1. The zero-order chi connectivity index (χ0) is 24.2. The molecule has 6 heteroatoms. The minimum absolute atomic E-state index is 0.0330. The molecule has 0 spiro atoms. The predicted octanol–water partition coefficient (Wildman–Crippen LogP) is 6.20. The van der Waals surface area contributed by atoms with E-state index in [1.165, 1.54) is 22.2 Å². The molecule has 0 atom stereocenters. The van der Waals surface area contributed by atoms with Crippen molar-refractivity contribution in [3.8, 4) is 5.75 Å². The zero-order valence-corrected chi connectivity index (χ0v) is 20.7. The van der Waals surface area contributed by atoms with Crippen LogP contribution in [-0.2, 0) is 17.9 Å². The molecule has 0 unspecified atom stereocenters. The Morgan fingerprint density at radius 1 is 0.971 bits per heavy atom. The van der Waals surface area contributed by atoms with Gasteiger partial charge >= 0.3 is 0 Å². The van der Waals surface area contributed by atoms with E-state index >= 15 is 0 Å². The molecule has 4 aromatic rings. The van der Waals surface area contributed by atoms with E-state index in [4.69, 9.17) is 16.3 Å². The second-order valence-corrected chi connectivity index (χ2v) is 9.62. The molecule has 1 amide bonds. The van der Waals surface area contributed by atoms with E-state index < -0.39 is 0 Å². The van der Waals surface area contributed by atoms with Crippen LogP contribution in [0.1, 0.15) is 24.1 Å². The minimum atomic E-state index is 0.0330. The standard InChI is InChI=1S/C29H30ClN3O2/c1-35-27-11-9-25(10-12-27)31-29(34)22-13-15-32(16-14-22)20-26-18-23-6-2-3-8-28(23)33(26)19-21-5-4-7-24(30)17-21/h2-12,17-18,22H,13-16,19-20H2,1H3,(H,31,34). The molecule has 1 saturated heterocycles. The maximum absolute atomic E-state index is 12.8. The Morgan fingerprint density at radius 2 is 1.74 bits per heavy atom. The summed E-state index contributed by atoms with van der Waals surface area (Å²) in [5.74, 6) is 0.916. The van der Waals surface area contributed by atoms with Gasteiger partial charge < -0.3 is 14.6 Å². The molecule has 5 rings (SSSR count). The third-order valence-electron chi connectivity index (χ3n) is 6.83. The Hall–Kier alpha value is -3.28. The number of piperidine rings is 1. The number of rotatable bonds is 7. The van der Waals surface area contributed by atoms with Crippen molar-refractivity contribution in [2.24, 2.45) is 5.92 Å². The third kappa shape index (κ3) is 5.53. The van der Waals surface area contributed by atoms with Crippen LogP contribution in [0.25, 0.3) is 10.9 Å². The van der Waals surface area contributed by atoms with E-state index in [1.807, 2.05) is 42.5 Å². The highest BCUT2D eigenvalue weighted by atomic mass is 35.5. The summed E-state index contributed by atoms with van der Waals surface area (Å²) in [6.45, 7) is 3.45. The Labute approximate surface area is 211 Å². The fourth-order valence-corrected chi connectivity index (χ4v) is 5.12. The summed E-state index contributed by atoms with van der Waals surface area (Å²) in [6, 6.07) is 26.4. The third-order valence-corrected chi connectivity index (χ3v) is 7.06. The molecule has 3 aromatic carbocycles. The number of nitrogens with one attached hydrogen (secondary N) is 1. The topological polar surface area (TPSA) is 46.5 Å². The monoisotopic (exact) mass is 487 g/mol. The van der Waals surface area contributed by atoms with E-state index in [0.29, 0.717) is 0 Å². The molecule has 1 fully saturated rings. The number of fused-ring (bicyclic) bond motifs is 1. The molecule has 2 heterocycles. The summed E-state index contributed by atoms with van der Waals surface area (Å²) in [4.78, 5) is 15.3. The molecular formula is C29H30ClN3O2. The average Bonchev–Trinajstić information content (AvgIpc) is 3.21. The van der Waals surface area contributed by atoms with Crippen LogP contribution in [0.15, 0.2) is 78.9 Å². The molecule has 180 valence electrons. The lowest BCUT2D eigenvalue weighted by Gasteiger charge is -2.31. The Bertz CT molecular complexity index is 1310. The Morgan fingerprint density at radius 3 is 2.49 bits per heavy atom. The highest BCUT2D eigenvalue weighted by Gasteiger charge is 2.26. The lowest BCUT2D eigenvalue weighted by Crippen LogP contribution is -2.38. The van der Waals surface area contributed by atoms with Crippen LogP contribution in [0.3, 0.4) is 0 Å². The van der Waals surface area contributed by atoms with Gasteiger partial charge in [-0.15, -0.1) is 0 Å². The number of methoxy groups -OCH3 is 1. The highest BCUT2D eigenvalue weighted by Crippen LogP contribution is 2.26.